The van der Waals surface area contributed by atoms with Crippen molar-refractivity contribution < 1.29 is 47.6 Å². The summed E-state index contributed by atoms with van der Waals surface area (Å²) in [6.07, 6.45) is -2.26. The molecule has 0 saturated heterocycles. The first kappa shape index (κ1) is 25.5. The Hall–Kier alpha value is -2.52. The predicted molar refractivity (Wildman–Crippen MR) is 95.0 cm³/mol. The second-order valence-corrected chi connectivity index (χ2v) is 5.81. The lowest BCUT2D eigenvalue weighted by molar-refractivity contribution is -0.172. The van der Waals surface area contributed by atoms with Crippen molar-refractivity contribution in [2.45, 2.75) is 72.9 Å². The summed E-state index contributed by atoms with van der Waals surface area (Å²) in [5, 5.41) is 0. The fourth-order valence-corrected chi connectivity index (χ4v) is 1.98. The van der Waals surface area contributed by atoms with Gasteiger partial charge in [-0.05, 0) is 26.7 Å². The van der Waals surface area contributed by atoms with E-state index >= 15 is 0 Å². The Morgan fingerprint density at radius 1 is 0.714 bits per heavy atom. The largest absolute Gasteiger partial charge is 0.511 e. The Morgan fingerprint density at radius 2 is 1.21 bits per heavy atom. The fourth-order valence-electron chi connectivity index (χ4n) is 1.98. The standard InChI is InChI=1S/C18H30O10/c1-6-23-17(21)27-13(4)25-15(19)11-9-8-10-12(3)16(20)26-14(5)28-18(22)24-7-2/h12-14H,6-11H2,1-5H3. The van der Waals surface area contributed by atoms with Gasteiger partial charge in [-0.1, -0.05) is 13.3 Å². The van der Waals surface area contributed by atoms with E-state index in [1.165, 1.54) is 13.8 Å². The molecule has 0 bridgehead atoms. The van der Waals surface area contributed by atoms with Crippen LogP contribution in [0.1, 0.15) is 60.3 Å². The number of unbranched alkanes of at least 4 members (excludes halogenated alkanes) is 1. The molecule has 0 spiro atoms. The highest BCUT2D eigenvalue weighted by Gasteiger charge is 2.20. The first-order valence-corrected chi connectivity index (χ1v) is 9.26. The molecule has 0 aliphatic carbocycles. The van der Waals surface area contributed by atoms with E-state index < -0.39 is 42.7 Å². The Bertz CT molecular complexity index is 505. The van der Waals surface area contributed by atoms with Gasteiger partial charge in [-0.15, -0.1) is 0 Å². The highest BCUT2D eigenvalue weighted by molar-refractivity contribution is 5.72. The summed E-state index contributed by atoms with van der Waals surface area (Å²) in [6.45, 7) is 8.07. The van der Waals surface area contributed by atoms with Crippen LogP contribution >= 0.6 is 0 Å². The molecule has 0 saturated carbocycles. The quantitative estimate of drug-likeness (QED) is 0.206. The van der Waals surface area contributed by atoms with E-state index in [4.69, 9.17) is 18.9 Å². The van der Waals surface area contributed by atoms with Crippen LogP contribution in [0.4, 0.5) is 9.59 Å². The molecule has 0 aliphatic heterocycles. The van der Waals surface area contributed by atoms with Crippen LogP contribution in [-0.2, 0) is 38.0 Å². The van der Waals surface area contributed by atoms with E-state index in [9.17, 15) is 19.2 Å². The Balaban J connectivity index is 3.96. The van der Waals surface area contributed by atoms with Crippen molar-refractivity contribution in [3.8, 4) is 0 Å². The van der Waals surface area contributed by atoms with Crippen LogP contribution < -0.4 is 0 Å². The van der Waals surface area contributed by atoms with Gasteiger partial charge in [0.1, 0.15) is 0 Å². The fraction of sp³-hybridized carbons (Fsp3) is 0.778. The van der Waals surface area contributed by atoms with Gasteiger partial charge in [0.2, 0.25) is 12.6 Å². The van der Waals surface area contributed by atoms with Gasteiger partial charge in [0.15, 0.2) is 0 Å². The third-order valence-electron chi connectivity index (χ3n) is 3.30. The number of carbonyl (C=O) groups excluding carboxylic acids is 4. The molecule has 0 amide bonds. The second kappa shape index (κ2) is 14.5. The van der Waals surface area contributed by atoms with Crippen LogP contribution in [0.25, 0.3) is 0 Å². The van der Waals surface area contributed by atoms with Crippen LogP contribution in [0.5, 0.6) is 0 Å². The van der Waals surface area contributed by atoms with E-state index in [1.54, 1.807) is 20.8 Å². The van der Waals surface area contributed by atoms with Crippen molar-refractivity contribution >= 4 is 24.2 Å². The average molecular weight is 406 g/mol. The first-order valence-electron chi connectivity index (χ1n) is 9.26. The lowest BCUT2D eigenvalue weighted by Crippen LogP contribution is -2.25. The normalized spacial score (nSPS) is 13.5. The minimum absolute atomic E-state index is 0.112. The van der Waals surface area contributed by atoms with Gasteiger partial charge >= 0.3 is 24.2 Å². The molecular weight excluding hydrogens is 376 g/mol. The van der Waals surface area contributed by atoms with Gasteiger partial charge in [-0.3, -0.25) is 9.59 Å². The molecule has 0 heterocycles. The van der Waals surface area contributed by atoms with E-state index in [0.717, 1.165) is 0 Å². The van der Waals surface area contributed by atoms with Crippen LogP contribution in [-0.4, -0.2) is 50.0 Å². The summed E-state index contributed by atoms with van der Waals surface area (Å²) < 4.78 is 28.5. The molecule has 0 rings (SSSR count). The molecule has 0 aromatic carbocycles. The van der Waals surface area contributed by atoms with Gasteiger partial charge in [-0.2, -0.15) is 0 Å². The molecule has 0 aromatic heterocycles. The number of carbonyl (C=O) groups is 4. The van der Waals surface area contributed by atoms with Gasteiger partial charge in [0.05, 0.1) is 19.1 Å². The number of hydrogen-bond acceptors (Lipinski definition) is 10. The van der Waals surface area contributed by atoms with Crippen LogP contribution in [0.3, 0.4) is 0 Å². The molecule has 0 fully saturated rings. The lowest BCUT2D eigenvalue weighted by atomic mass is 10.0. The van der Waals surface area contributed by atoms with E-state index in [2.05, 4.69) is 9.47 Å². The lowest BCUT2D eigenvalue weighted by Gasteiger charge is -2.16. The summed E-state index contributed by atoms with van der Waals surface area (Å²) >= 11 is 0. The van der Waals surface area contributed by atoms with Gasteiger partial charge in [0, 0.05) is 20.3 Å². The monoisotopic (exact) mass is 406 g/mol. The van der Waals surface area contributed by atoms with E-state index in [0.29, 0.717) is 19.3 Å². The molecule has 0 radical (unpaired) electrons. The predicted octanol–water partition coefficient (Wildman–Crippen LogP) is 3.31. The van der Waals surface area contributed by atoms with Crippen LogP contribution in [0.2, 0.25) is 0 Å². The molecule has 10 nitrogen and oxygen atoms in total. The van der Waals surface area contributed by atoms with Crippen molar-refractivity contribution in [2.75, 3.05) is 13.2 Å². The second-order valence-electron chi connectivity index (χ2n) is 5.81. The average Bonchev–Trinajstić information content (AvgIpc) is 2.58. The minimum atomic E-state index is -1.05. The van der Waals surface area contributed by atoms with Crippen molar-refractivity contribution in [1.29, 1.82) is 0 Å². The zero-order valence-corrected chi connectivity index (χ0v) is 17.1. The van der Waals surface area contributed by atoms with Gasteiger partial charge < -0.3 is 28.4 Å². The Morgan fingerprint density at radius 3 is 1.71 bits per heavy atom. The zero-order valence-electron chi connectivity index (χ0n) is 17.1. The summed E-state index contributed by atoms with van der Waals surface area (Å²) in [4.78, 5) is 45.8. The van der Waals surface area contributed by atoms with Crippen LogP contribution in [0.15, 0.2) is 0 Å². The third-order valence-corrected chi connectivity index (χ3v) is 3.30. The number of esters is 2. The molecule has 3 unspecified atom stereocenters. The molecular formula is C18H30O10. The number of rotatable bonds is 12. The maximum absolute atomic E-state index is 11.9. The molecule has 162 valence electrons. The highest BCUT2D eigenvalue weighted by Crippen LogP contribution is 2.13. The Kier molecular flexibility index (Phi) is 13.2. The van der Waals surface area contributed by atoms with E-state index in [-0.39, 0.29) is 19.6 Å². The number of hydrogen-bond donors (Lipinski definition) is 0. The maximum atomic E-state index is 11.9. The van der Waals surface area contributed by atoms with Crippen molar-refractivity contribution in [3.05, 3.63) is 0 Å². The SMILES string of the molecule is CCOC(=O)OC(C)OC(=O)CCCCC(C)C(=O)OC(C)OC(=O)OCC. The van der Waals surface area contributed by atoms with E-state index in [1.807, 2.05) is 0 Å². The smallest absolute Gasteiger partial charge is 0.435 e. The molecule has 28 heavy (non-hydrogen) atoms. The number of ether oxygens (including phenoxy) is 6. The Labute approximate surface area is 164 Å². The topological polar surface area (TPSA) is 124 Å². The zero-order chi connectivity index (χ0) is 21.5. The molecule has 0 aromatic rings. The van der Waals surface area contributed by atoms with Crippen molar-refractivity contribution in [1.82, 2.24) is 0 Å². The van der Waals surface area contributed by atoms with Gasteiger partial charge in [-0.25, -0.2) is 9.59 Å². The molecule has 0 N–H and O–H groups in total. The third kappa shape index (κ3) is 12.8. The van der Waals surface area contributed by atoms with Crippen molar-refractivity contribution in [2.24, 2.45) is 5.92 Å². The molecule has 10 heteroatoms. The first-order chi connectivity index (χ1) is 13.2. The summed E-state index contributed by atoms with van der Waals surface area (Å²) in [6, 6.07) is 0. The van der Waals surface area contributed by atoms with Gasteiger partial charge in [0.25, 0.3) is 0 Å². The summed E-state index contributed by atoms with van der Waals surface area (Å²) in [5.74, 6) is -1.48. The van der Waals surface area contributed by atoms with Crippen molar-refractivity contribution in [3.63, 3.8) is 0 Å². The summed E-state index contributed by atoms with van der Waals surface area (Å²) in [5.41, 5.74) is 0. The minimum Gasteiger partial charge on any atom is -0.435 e. The molecule has 0 aliphatic rings. The van der Waals surface area contributed by atoms with Crippen LogP contribution in [0, 0.1) is 5.92 Å². The highest BCUT2D eigenvalue weighted by atomic mass is 16.8. The molecule has 3 atom stereocenters. The maximum Gasteiger partial charge on any atom is 0.511 e. The summed E-state index contributed by atoms with van der Waals surface area (Å²) in [7, 11) is 0.